The van der Waals surface area contributed by atoms with Crippen molar-refractivity contribution in [1.82, 2.24) is 4.72 Å². The van der Waals surface area contributed by atoms with E-state index in [2.05, 4.69) is 11.6 Å². The Morgan fingerprint density at radius 2 is 2.05 bits per heavy atom. The number of thioether (sulfide) groups is 1. The largest absolute Gasteiger partial charge is 0.240 e. The van der Waals surface area contributed by atoms with Gasteiger partial charge in [-0.05, 0) is 49.3 Å². The van der Waals surface area contributed by atoms with Crippen molar-refractivity contribution in [3.63, 3.8) is 0 Å². The van der Waals surface area contributed by atoms with E-state index in [0.29, 0.717) is 10.8 Å². The molecule has 108 valence electrons. The lowest BCUT2D eigenvalue weighted by Gasteiger charge is -2.13. The quantitative estimate of drug-likeness (QED) is 0.907. The van der Waals surface area contributed by atoms with Crippen molar-refractivity contribution in [1.29, 1.82) is 5.26 Å². The van der Waals surface area contributed by atoms with Crippen LogP contribution in [0, 0.1) is 11.3 Å². The van der Waals surface area contributed by atoms with Gasteiger partial charge in [0.15, 0.2) is 0 Å². The van der Waals surface area contributed by atoms with Gasteiger partial charge in [-0.25, -0.2) is 13.1 Å². The van der Waals surface area contributed by atoms with Crippen molar-refractivity contribution in [2.75, 3.05) is 5.75 Å². The van der Waals surface area contributed by atoms with Crippen molar-refractivity contribution in [3.05, 3.63) is 29.8 Å². The van der Waals surface area contributed by atoms with Crippen molar-refractivity contribution < 1.29 is 8.42 Å². The topological polar surface area (TPSA) is 70.0 Å². The van der Waals surface area contributed by atoms with E-state index in [-0.39, 0.29) is 10.9 Å². The summed E-state index contributed by atoms with van der Waals surface area (Å²) >= 11 is 1.90. The van der Waals surface area contributed by atoms with Gasteiger partial charge in [-0.1, -0.05) is 6.92 Å². The number of benzene rings is 1. The summed E-state index contributed by atoms with van der Waals surface area (Å²) in [5.74, 6) is 1.07. The Balaban J connectivity index is 2.02. The zero-order chi connectivity index (χ0) is 14.6. The number of nitrogens with one attached hydrogen (secondary N) is 1. The van der Waals surface area contributed by atoms with E-state index in [1.54, 1.807) is 0 Å². The van der Waals surface area contributed by atoms with Gasteiger partial charge in [0.05, 0.1) is 16.5 Å². The number of nitrogens with zero attached hydrogens (tertiary/aromatic N) is 1. The van der Waals surface area contributed by atoms with Crippen molar-refractivity contribution in [2.24, 2.45) is 0 Å². The molecule has 1 saturated carbocycles. The fourth-order valence-corrected chi connectivity index (χ4v) is 4.86. The third-order valence-corrected chi connectivity index (χ3v) is 6.17. The predicted molar refractivity (Wildman–Crippen MR) is 81.0 cm³/mol. The fourth-order valence-electron chi connectivity index (χ4n) is 2.43. The average molecular weight is 310 g/mol. The van der Waals surface area contributed by atoms with Gasteiger partial charge in [-0.2, -0.15) is 17.0 Å². The van der Waals surface area contributed by atoms with E-state index < -0.39 is 10.0 Å². The van der Waals surface area contributed by atoms with Gasteiger partial charge in [0.1, 0.15) is 0 Å². The molecule has 20 heavy (non-hydrogen) atoms. The Morgan fingerprint density at radius 1 is 1.35 bits per heavy atom. The molecule has 0 saturated heterocycles. The Bertz CT molecular complexity index is 591. The summed E-state index contributed by atoms with van der Waals surface area (Å²) in [7, 11) is -3.48. The molecule has 0 amide bonds. The van der Waals surface area contributed by atoms with E-state index in [1.165, 1.54) is 24.3 Å². The summed E-state index contributed by atoms with van der Waals surface area (Å²) in [5, 5.41) is 9.29. The summed E-state index contributed by atoms with van der Waals surface area (Å²) in [6, 6.07) is 8.02. The Kier molecular flexibility index (Phi) is 5.08. The molecular formula is C14H18N2O2S2. The molecule has 4 nitrogen and oxygen atoms in total. The minimum Gasteiger partial charge on any atom is -0.208 e. The highest BCUT2D eigenvalue weighted by Gasteiger charge is 2.28. The molecule has 2 unspecified atom stereocenters. The second-order valence-electron chi connectivity index (χ2n) is 4.84. The van der Waals surface area contributed by atoms with Crippen molar-refractivity contribution >= 4 is 21.8 Å². The summed E-state index contributed by atoms with van der Waals surface area (Å²) < 4.78 is 27.3. The number of rotatable bonds is 5. The maximum atomic E-state index is 12.3. The Morgan fingerprint density at radius 3 is 2.65 bits per heavy atom. The molecule has 0 aliphatic heterocycles. The molecule has 1 aliphatic rings. The molecule has 2 atom stereocenters. The molecule has 1 fully saturated rings. The molecule has 6 heteroatoms. The second-order valence-corrected chi connectivity index (χ2v) is 8.14. The Labute approximate surface area is 124 Å². The number of nitriles is 1. The van der Waals surface area contributed by atoms with E-state index in [1.807, 2.05) is 17.8 Å². The van der Waals surface area contributed by atoms with E-state index in [9.17, 15) is 8.42 Å². The highest BCUT2D eigenvalue weighted by molar-refractivity contribution is 7.99. The molecule has 0 aromatic heterocycles. The highest BCUT2D eigenvalue weighted by atomic mass is 32.2. The van der Waals surface area contributed by atoms with E-state index in [0.717, 1.165) is 25.0 Å². The van der Waals surface area contributed by atoms with Gasteiger partial charge in [-0.15, -0.1) is 0 Å². The minimum absolute atomic E-state index is 0.0275. The number of hydrogen-bond acceptors (Lipinski definition) is 4. The number of hydrogen-bond donors (Lipinski definition) is 1. The summed E-state index contributed by atoms with van der Waals surface area (Å²) in [5.41, 5.74) is 0.462. The fraction of sp³-hybridized carbons (Fsp3) is 0.500. The lowest BCUT2D eigenvalue weighted by atomic mass is 10.2. The lowest BCUT2D eigenvalue weighted by molar-refractivity contribution is 0.552. The zero-order valence-electron chi connectivity index (χ0n) is 11.4. The maximum absolute atomic E-state index is 12.3. The standard InChI is InChI=1S/C14H18N2O2S2/c1-2-19-13-6-5-12(9-13)16-20(17,18)14-7-3-11(10-15)4-8-14/h3-4,7-8,12-13,16H,2,5-6,9H2,1H3. The van der Waals surface area contributed by atoms with Crippen LogP contribution in [0.2, 0.25) is 0 Å². The van der Waals surface area contributed by atoms with Crippen LogP contribution in [-0.4, -0.2) is 25.5 Å². The first kappa shape index (κ1) is 15.4. The lowest BCUT2D eigenvalue weighted by Crippen LogP contribution is -2.33. The number of sulfonamides is 1. The summed E-state index contributed by atoms with van der Waals surface area (Å²) in [6.07, 6.45) is 2.86. The molecule has 0 radical (unpaired) electrons. The van der Waals surface area contributed by atoms with Crippen LogP contribution in [0.1, 0.15) is 31.7 Å². The predicted octanol–water partition coefficient (Wildman–Crippen LogP) is 2.51. The molecule has 1 N–H and O–H groups in total. The van der Waals surface area contributed by atoms with Crippen LogP contribution in [0.15, 0.2) is 29.2 Å². The summed E-state index contributed by atoms with van der Waals surface area (Å²) in [4.78, 5) is 0.225. The van der Waals surface area contributed by atoms with Gasteiger partial charge in [0.2, 0.25) is 10.0 Å². The van der Waals surface area contributed by atoms with Crippen LogP contribution < -0.4 is 4.72 Å². The van der Waals surface area contributed by atoms with Gasteiger partial charge in [0, 0.05) is 11.3 Å². The monoisotopic (exact) mass is 310 g/mol. The second kappa shape index (κ2) is 6.61. The first-order valence-electron chi connectivity index (χ1n) is 6.69. The van der Waals surface area contributed by atoms with E-state index in [4.69, 9.17) is 5.26 Å². The third-order valence-electron chi connectivity index (χ3n) is 3.40. The van der Waals surface area contributed by atoms with Gasteiger partial charge >= 0.3 is 0 Å². The van der Waals surface area contributed by atoms with Crippen LogP contribution in [0.3, 0.4) is 0 Å². The smallest absolute Gasteiger partial charge is 0.208 e. The first-order chi connectivity index (χ1) is 9.55. The minimum atomic E-state index is -3.48. The van der Waals surface area contributed by atoms with Gasteiger partial charge in [-0.3, -0.25) is 0 Å². The Hall–Kier alpha value is -1.03. The molecule has 2 rings (SSSR count). The first-order valence-corrected chi connectivity index (χ1v) is 9.22. The van der Waals surface area contributed by atoms with Crippen LogP contribution in [0.5, 0.6) is 0 Å². The molecule has 1 aromatic rings. The molecule has 0 bridgehead atoms. The van der Waals surface area contributed by atoms with E-state index >= 15 is 0 Å². The zero-order valence-corrected chi connectivity index (χ0v) is 13.0. The van der Waals surface area contributed by atoms with Crippen molar-refractivity contribution in [2.45, 2.75) is 42.4 Å². The molecule has 1 aromatic carbocycles. The molecular weight excluding hydrogens is 292 g/mol. The molecule has 1 aliphatic carbocycles. The van der Waals surface area contributed by atoms with Gasteiger partial charge in [0.25, 0.3) is 0 Å². The van der Waals surface area contributed by atoms with Crippen molar-refractivity contribution in [3.8, 4) is 6.07 Å². The SMILES string of the molecule is CCSC1CCC(NS(=O)(=O)c2ccc(C#N)cc2)C1. The third kappa shape index (κ3) is 3.75. The van der Waals surface area contributed by atoms with Crippen LogP contribution in [0.25, 0.3) is 0 Å². The van der Waals surface area contributed by atoms with Crippen LogP contribution in [-0.2, 0) is 10.0 Å². The summed E-state index contributed by atoms with van der Waals surface area (Å²) in [6.45, 7) is 2.12. The van der Waals surface area contributed by atoms with Crippen LogP contribution in [0.4, 0.5) is 0 Å². The molecule has 0 heterocycles. The normalized spacial score (nSPS) is 22.6. The highest BCUT2D eigenvalue weighted by Crippen LogP contribution is 2.30. The molecule has 0 spiro atoms. The average Bonchev–Trinajstić information content (AvgIpc) is 2.86. The maximum Gasteiger partial charge on any atom is 0.240 e. The van der Waals surface area contributed by atoms with Crippen LogP contribution >= 0.6 is 11.8 Å². The van der Waals surface area contributed by atoms with Gasteiger partial charge < -0.3 is 0 Å².